The van der Waals surface area contributed by atoms with E-state index in [-0.39, 0.29) is 0 Å². The Morgan fingerprint density at radius 2 is 2.18 bits per heavy atom. The number of nitrogens with zero attached hydrogens (tertiary/aromatic N) is 1. The third kappa shape index (κ3) is 5.91. The first-order valence-corrected chi connectivity index (χ1v) is 6.84. The quantitative estimate of drug-likeness (QED) is 0.368. The highest BCUT2D eigenvalue weighted by atomic mass is 16.5. The molecule has 0 aromatic carbocycles. The minimum atomic E-state index is 0.395. The van der Waals surface area contributed by atoms with E-state index >= 15 is 0 Å². The summed E-state index contributed by atoms with van der Waals surface area (Å²) in [4.78, 5) is 4.44. The van der Waals surface area contributed by atoms with Crippen molar-refractivity contribution in [3.05, 3.63) is 0 Å². The molecule has 0 aromatic heterocycles. The van der Waals surface area contributed by atoms with Gasteiger partial charge in [-0.15, -0.1) is 0 Å². The molecule has 4 heteroatoms. The lowest BCUT2D eigenvalue weighted by molar-refractivity contribution is 0.129. The number of rotatable bonds is 9. The molecule has 3 N–H and O–H groups in total. The van der Waals surface area contributed by atoms with Crippen LogP contribution >= 0.6 is 0 Å². The molecular formula is C13H27N3O. The van der Waals surface area contributed by atoms with Gasteiger partial charge in [0.15, 0.2) is 5.96 Å². The Labute approximate surface area is 105 Å². The van der Waals surface area contributed by atoms with Crippen molar-refractivity contribution in [2.24, 2.45) is 16.1 Å². The molecule has 0 heterocycles. The Morgan fingerprint density at radius 1 is 1.41 bits per heavy atom. The lowest BCUT2D eigenvalue weighted by atomic mass is 10.0. The zero-order valence-electron chi connectivity index (χ0n) is 11.3. The van der Waals surface area contributed by atoms with Gasteiger partial charge in [0.25, 0.3) is 0 Å². The molecule has 1 fully saturated rings. The molecule has 4 nitrogen and oxygen atoms in total. The van der Waals surface area contributed by atoms with Crippen LogP contribution in [0.15, 0.2) is 4.99 Å². The molecule has 1 rings (SSSR count). The van der Waals surface area contributed by atoms with Crippen molar-refractivity contribution in [3.8, 4) is 0 Å². The van der Waals surface area contributed by atoms with Gasteiger partial charge in [0.2, 0.25) is 0 Å². The van der Waals surface area contributed by atoms with Gasteiger partial charge in [-0.3, -0.25) is 4.99 Å². The Bertz CT molecular complexity index is 237. The van der Waals surface area contributed by atoms with Crippen molar-refractivity contribution in [1.82, 2.24) is 5.32 Å². The molecule has 1 aliphatic rings. The predicted molar refractivity (Wildman–Crippen MR) is 72.2 cm³/mol. The van der Waals surface area contributed by atoms with Crippen LogP contribution in [-0.2, 0) is 4.74 Å². The monoisotopic (exact) mass is 241 g/mol. The zero-order valence-corrected chi connectivity index (χ0v) is 11.3. The Hall–Kier alpha value is -0.770. The van der Waals surface area contributed by atoms with Gasteiger partial charge in [0, 0.05) is 26.3 Å². The van der Waals surface area contributed by atoms with Crippen LogP contribution in [0.2, 0.25) is 0 Å². The summed E-state index contributed by atoms with van der Waals surface area (Å²) >= 11 is 0. The summed E-state index contributed by atoms with van der Waals surface area (Å²) in [7, 11) is 0. The molecule has 0 aromatic rings. The van der Waals surface area contributed by atoms with E-state index in [9.17, 15) is 0 Å². The molecule has 1 aliphatic carbocycles. The maximum Gasteiger partial charge on any atom is 0.188 e. The second-order valence-electron chi connectivity index (χ2n) is 4.93. The van der Waals surface area contributed by atoms with Crippen LogP contribution in [0.1, 0.15) is 46.0 Å². The molecule has 0 unspecified atom stereocenters. The maximum atomic E-state index is 5.81. The number of hydrogen-bond donors (Lipinski definition) is 2. The van der Waals surface area contributed by atoms with Crippen molar-refractivity contribution in [2.45, 2.75) is 46.0 Å². The molecule has 0 amide bonds. The highest BCUT2D eigenvalue weighted by Crippen LogP contribution is 2.48. The van der Waals surface area contributed by atoms with Crippen LogP contribution in [0.3, 0.4) is 0 Å². The minimum Gasteiger partial charge on any atom is -0.382 e. The van der Waals surface area contributed by atoms with Crippen LogP contribution in [0.4, 0.5) is 0 Å². The summed E-state index contributed by atoms with van der Waals surface area (Å²) in [6.07, 6.45) is 5.98. The van der Waals surface area contributed by atoms with E-state index in [2.05, 4.69) is 17.2 Å². The first kappa shape index (κ1) is 14.3. The molecule has 1 saturated carbocycles. The Kier molecular flexibility index (Phi) is 6.34. The second-order valence-corrected chi connectivity index (χ2v) is 4.93. The SMILES string of the molecule is CCCCNC(N)=NCC1(CCOCC)CC1. The summed E-state index contributed by atoms with van der Waals surface area (Å²) in [6.45, 7) is 7.65. The predicted octanol–water partition coefficient (Wildman–Crippen LogP) is 1.90. The number of ether oxygens (including phenoxy) is 1. The molecule has 17 heavy (non-hydrogen) atoms. The average Bonchev–Trinajstić information content (AvgIpc) is 3.08. The second kappa shape index (κ2) is 7.54. The first-order valence-electron chi connectivity index (χ1n) is 6.84. The molecule has 0 saturated heterocycles. The molecule has 0 spiro atoms. The van der Waals surface area contributed by atoms with Gasteiger partial charge in [-0.05, 0) is 38.0 Å². The highest BCUT2D eigenvalue weighted by molar-refractivity contribution is 5.77. The van der Waals surface area contributed by atoms with Crippen LogP contribution in [0, 0.1) is 5.41 Å². The van der Waals surface area contributed by atoms with Crippen LogP contribution < -0.4 is 11.1 Å². The van der Waals surface area contributed by atoms with E-state index in [0.717, 1.165) is 39.1 Å². The molecule has 0 atom stereocenters. The van der Waals surface area contributed by atoms with Gasteiger partial charge in [0.05, 0.1) is 0 Å². The summed E-state index contributed by atoms with van der Waals surface area (Å²) in [6, 6.07) is 0. The fourth-order valence-electron chi connectivity index (χ4n) is 1.80. The fraction of sp³-hybridized carbons (Fsp3) is 0.923. The molecule has 0 bridgehead atoms. The van der Waals surface area contributed by atoms with Crippen molar-refractivity contribution in [3.63, 3.8) is 0 Å². The lowest BCUT2D eigenvalue weighted by Gasteiger charge is -2.13. The fourth-order valence-corrected chi connectivity index (χ4v) is 1.80. The van der Waals surface area contributed by atoms with Crippen LogP contribution in [-0.4, -0.2) is 32.3 Å². The Morgan fingerprint density at radius 3 is 2.76 bits per heavy atom. The zero-order chi connectivity index (χ0) is 12.6. The lowest BCUT2D eigenvalue weighted by Crippen LogP contribution is -2.33. The summed E-state index contributed by atoms with van der Waals surface area (Å²) < 4.78 is 5.40. The van der Waals surface area contributed by atoms with Crippen molar-refractivity contribution in [1.29, 1.82) is 0 Å². The third-order valence-electron chi connectivity index (χ3n) is 3.36. The van der Waals surface area contributed by atoms with Crippen molar-refractivity contribution < 1.29 is 4.74 Å². The van der Waals surface area contributed by atoms with Gasteiger partial charge in [0.1, 0.15) is 0 Å². The van der Waals surface area contributed by atoms with Gasteiger partial charge in [-0.2, -0.15) is 0 Å². The summed E-state index contributed by atoms with van der Waals surface area (Å²) in [5.74, 6) is 0.598. The number of hydrogen-bond acceptors (Lipinski definition) is 2. The normalized spacial score (nSPS) is 18.1. The number of guanidine groups is 1. The average molecular weight is 241 g/mol. The van der Waals surface area contributed by atoms with Crippen LogP contribution in [0.5, 0.6) is 0 Å². The Balaban J connectivity index is 2.16. The van der Waals surface area contributed by atoms with E-state index in [1.165, 1.54) is 19.3 Å². The van der Waals surface area contributed by atoms with Crippen LogP contribution in [0.25, 0.3) is 0 Å². The van der Waals surface area contributed by atoms with Crippen molar-refractivity contribution >= 4 is 5.96 Å². The van der Waals surface area contributed by atoms with E-state index < -0.39 is 0 Å². The number of unbranched alkanes of at least 4 members (excludes halogenated alkanes) is 1. The standard InChI is InChI=1S/C13H27N3O/c1-3-5-9-15-12(14)16-11-13(6-7-13)8-10-17-4-2/h3-11H2,1-2H3,(H3,14,15,16). The number of aliphatic imine (C=N–C) groups is 1. The van der Waals surface area contributed by atoms with Gasteiger partial charge >= 0.3 is 0 Å². The van der Waals surface area contributed by atoms with Gasteiger partial charge < -0.3 is 15.8 Å². The number of nitrogens with two attached hydrogens (primary N) is 1. The largest absolute Gasteiger partial charge is 0.382 e. The van der Waals surface area contributed by atoms with Gasteiger partial charge in [-0.1, -0.05) is 13.3 Å². The van der Waals surface area contributed by atoms with E-state index in [0.29, 0.717) is 11.4 Å². The number of nitrogens with one attached hydrogen (secondary N) is 1. The maximum absolute atomic E-state index is 5.81. The van der Waals surface area contributed by atoms with Gasteiger partial charge in [-0.25, -0.2) is 0 Å². The minimum absolute atomic E-state index is 0.395. The smallest absolute Gasteiger partial charge is 0.188 e. The highest BCUT2D eigenvalue weighted by Gasteiger charge is 2.41. The molecular weight excluding hydrogens is 214 g/mol. The third-order valence-corrected chi connectivity index (χ3v) is 3.36. The van der Waals surface area contributed by atoms with E-state index in [1.807, 2.05) is 6.92 Å². The van der Waals surface area contributed by atoms with Crippen molar-refractivity contribution in [2.75, 3.05) is 26.3 Å². The molecule has 0 aliphatic heterocycles. The summed E-state index contributed by atoms with van der Waals surface area (Å²) in [5, 5.41) is 3.15. The topological polar surface area (TPSA) is 59.6 Å². The first-order chi connectivity index (χ1) is 8.22. The molecule has 0 radical (unpaired) electrons. The van der Waals surface area contributed by atoms with E-state index in [1.54, 1.807) is 0 Å². The summed E-state index contributed by atoms with van der Waals surface area (Å²) in [5.41, 5.74) is 6.21. The van der Waals surface area contributed by atoms with E-state index in [4.69, 9.17) is 10.5 Å². The molecule has 100 valence electrons.